The van der Waals surface area contributed by atoms with Crippen molar-refractivity contribution in [3.8, 4) is 40.1 Å². The summed E-state index contributed by atoms with van der Waals surface area (Å²) in [6, 6.07) is 12.2. The van der Waals surface area contributed by atoms with Crippen LogP contribution in [0, 0.1) is 0 Å². The Hall–Kier alpha value is -4.66. The first-order valence-electron chi connectivity index (χ1n) is 9.70. The van der Waals surface area contributed by atoms with Gasteiger partial charge in [-0.25, -0.2) is 4.79 Å². The summed E-state index contributed by atoms with van der Waals surface area (Å²) in [5.74, 6) is -3.45. The lowest BCUT2D eigenvalue weighted by Crippen LogP contribution is -2.16. The molecular formula is C24H19NO8. The molecular weight excluding hydrogens is 430 g/mol. The summed E-state index contributed by atoms with van der Waals surface area (Å²) in [6.07, 6.45) is 0. The van der Waals surface area contributed by atoms with Gasteiger partial charge in [0.1, 0.15) is 22.5 Å². The van der Waals surface area contributed by atoms with Crippen molar-refractivity contribution < 1.29 is 34.4 Å². The van der Waals surface area contributed by atoms with E-state index < -0.39 is 34.4 Å². The number of rotatable bonds is 4. The summed E-state index contributed by atoms with van der Waals surface area (Å²) in [7, 11) is 3.69. The SMILES string of the molecule is CN(C)c1ccc(C(=O)Oc2c(-c3ccc(O)c(O)c3)oc3cc(O)cc(O)c3c2=O)cc1. The molecule has 0 saturated carbocycles. The molecule has 0 aliphatic rings. The minimum atomic E-state index is -0.866. The maximum Gasteiger partial charge on any atom is 0.343 e. The van der Waals surface area contributed by atoms with Crippen LogP contribution in [0.15, 0.2) is 63.8 Å². The molecule has 4 N–H and O–H groups in total. The number of benzene rings is 3. The molecule has 0 unspecified atom stereocenters. The quantitative estimate of drug-likeness (QED) is 0.272. The fraction of sp³-hybridized carbons (Fsp3) is 0.0833. The maximum atomic E-state index is 13.2. The minimum Gasteiger partial charge on any atom is -0.508 e. The van der Waals surface area contributed by atoms with Crippen molar-refractivity contribution in [2.45, 2.75) is 0 Å². The standard InChI is InChI=1S/C24H19NO8/c1-25(2)14-6-3-12(4-7-14)24(31)33-23-21(30)20-18(29)10-15(26)11-19(20)32-22(23)13-5-8-16(27)17(28)9-13/h3-11,26-29H,1-2H3. The topological polar surface area (TPSA) is 141 Å². The van der Waals surface area contributed by atoms with E-state index in [1.807, 2.05) is 19.0 Å². The normalized spacial score (nSPS) is 10.8. The first-order valence-corrected chi connectivity index (χ1v) is 9.70. The molecule has 9 heteroatoms. The number of hydrogen-bond acceptors (Lipinski definition) is 9. The number of carbonyl (C=O) groups excluding carboxylic acids is 1. The Kier molecular flexibility index (Phi) is 5.31. The smallest absolute Gasteiger partial charge is 0.343 e. The zero-order valence-corrected chi connectivity index (χ0v) is 17.6. The molecule has 9 nitrogen and oxygen atoms in total. The van der Waals surface area contributed by atoms with Gasteiger partial charge in [-0.1, -0.05) is 0 Å². The molecule has 0 amide bonds. The average molecular weight is 449 g/mol. The Morgan fingerprint density at radius 1 is 0.879 bits per heavy atom. The van der Waals surface area contributed by atoms with Crippen LogP contribution in [-0.2, 0) is 0 Å². The van der Waals surface area contributed by atoms with Crippen LogP contribution in [0.4, 0.5) is 5.69 Å². The molecule has 0 spiro atoms. The van der Waals surface area contributed by atoms with Crippen molar-refractivity contribution in [3.05, 3.63) is 70.4 Å². The third-order valence-electron chi connectivity index (χ3n) is 4.97. The first-order chi connectivity index (χ1) is 15.7. The van der Waals surface area contributed by atoms with Gasteiger partial charge in [-0.05, 0) is 42.5 Å². The largest absolute Gasteiger partial charge is 0.508 e. The second-order valence-corrected chi connectivity index (χ2v) is 7.46. The molecule has 0 radical (unpaired) electrons. The average Bonchev–Trinajstić information content (AvgIpc) is 2.76. The second kappa shape index (κ2) is 8.12. The van der Waals surface area contributed by atoms with Crippen LogP contribution in [0.2, 0.25) is 0 Å². The van der Waals surface area contributed by atoms with Gasteiger partial charge in [-0.2, -0.15) is 0 Å². The monoisotopic (exact) mass is 449 g/mol. The number of anilines is 1. The fourth-order valence-electron chi connectivity index (χ4n) is 3.26. The Labute approximate surface area is 187 Å². The molecule has 0 aliphatic carbocycles. The van der Waals surface area contributed by atoms with Gasteiger partial charge in [0, 0.05) is 37.5 Å². The summed E-state index contributed by atoms with van der Waals surface area (Å²) in [4.78, 5) is 27.9. The van der Waals surface area contributed by atoms with E-state index in [-0.39, 0.29) is 33.6 Å². The zero-order chi connectivity index (χ0) is 23.9. The summed E-state index contributed by atoms with van der Waals surface area (Å²) in [6.45, 7) is 0. The minimum absolute atomic E-state index is 0.109. The predicted octanol–water partition coefficient (Wildman–Crippen LogP) is 3.57. The molecule has 0 saturated heterocycles. The second-order valence-electron chi connectivity index (χ2n) is 7.46. The van der Waals surface area contributed by atoms with E-state index in [1.165, 1.54) is 24.3 Å². The molecule has 168 valence electrons. The van der Waals surface area contributed by atoms with Crippen LogP contribution in [0.3, 0.4) is 0 Å². The van der Waals surface area contributed by atoms with Crippen molar-refractivity contribution in [1.29, 1.82) is 0 Å². The highest BCUT2D eigenvalue weighted by Crippen LogP contribution is 2.38. The van der Waals surface area contributed by atoms with Crippen molar-refractivity contribution in [2.75, 3.05) is 19.0 Å². The Morgan fingerprint density at radius 3 is 2.21 bits per heavy atom. The van der Waals surface area contributed by atoms with Gasteiger partial charge in [0.05, 0.1) is 5.56 Å². The Balaban J connectivity index is 1.89. The fourth-order valence-corrected chi connectivity index (χ4v) is 3.26. The molecule has 1 heterocycles. The van der Waals surface area contributed by atoms with E-state index in [2.05, 4.69) is 0 Å². The van der Waals surface area contributed by atoms with Crippen LogP contribution >= 0.6 is 0 Å². The highest BCUT2D eigenvalue weighted by molar-refractivity contribution is 5.94. The third kappa shape index (κ3) is 3.99. The predicted molar refractivity (Wildman–Crippen MR) is 120 cm³/mol. The summed E-state index contributed by atoms with van der Waals surface area (Å²) >= 11 is 0. The maximum absolute atomic E-state index is 13.2. The molecule has 1 aromatic heterocycles. The van der Waals surface area contributed by atoms with E-state index in [0.717, 1.165) is 23.9 Å². The van der Waals surface area contributed by atoms with E-state index in [1.54, 1.807) is 12.1 Å². The highest BCUT2D eigenvalue weighted by atomic mass is 16.5. The summed E-state index contributed by atoms with van der Waals surface area (Å²) in [5.41, 5.74) is 0.0824. The van der Waals surface area contributed by atoms with E-state index in [4.69, 9.17) is 9.15 Å². The van der Waals surface area contributed by atoms with Crippen molar-refractivity contribution in [2.24, 2.45) is 0 Å². The lowest BCUT2D eigenvalue weighted by atomic mass is 10.1. The molecule has 3 aromatic carbocycles. The third-order valence-corrected chi connectivity index (χ3v) is 4.97. The van der Waals surface area contributed by atoms with E-state index >= 15 is 0 Å². The van der Waals surface area contributed by atoms with Gasteiger partial charge < -0.3 is 34.5 Å². The Morgan fingerprint density at radius 2 is 1.58 bits per heavy atom. The number of fused-ring (bicyclic) bond motifs is 1. The number of nitrogens with zero attached hydrogens (tertiary/aromatic N) is 1. The number of phenols is 4. The molecule has 4 aromatic rings. The molecule has 0 fully saturated rings. The van der Waals surface area contributed by atoms with Crippen LogP contribution in [-0.4, -0.2) is 40.5 Å². The number of carbonyl (C=O) groups is 1. The van der Waals surface area contributed by atoms with E-state index in [9.17, 15) is 30.0 Å². The molecule has 0 aliphatic heterocycles. The molecule has 0 atom stereocenters. The molecule has 4 rings (SSSR count). The van der Waals surface area contributed by atoms with Crippen molar-refractivity contribution in [3.63, 3.8) is 0 Å². The van der Waals surface area contributed by atoms with Crippen molar-refractivity contribution >= 4 is 22.6 Å². The van der Waals surface area contributed by atoms with Gasteiger partial charge >= 0.3 is 5.97 Å². The van der Waals surface area contributed by atoms with Gasteiger partial charge in [0.25, 0.3) is 0 Å². The zero-order valence-electron chi connectivity index (χ0n) is 17.6. The van der Waals surface area contributed by atoms with Gasteiger partial charge in [-0.15, -0.1) is 0 Å². The van der Waals surface area contributed by atoms with Gasteiger partial charge in [0.15, 0.2) is 17.3 Å². The van der Waals surface area contributed by atoms with Crippen LogP contribution in [0.5, 0.6) is 28.7 Å². The number of ether oxygens (including phenoxy) is 1. The molecule has 0 bridgehead atoms. The summed E-state index contributed by atoms with van der Waals surface area (Å²) in [5, 5.41) is 39.2. The summed E-state index contributed by atoms with van der Waals surface area (Å²) < 4.78 is 11.1. The Bertz CT molecular complexity index is 1440. The molecule has 33 heavy (non-hydrogen) atoms. The van der Waals surface area contributed by atoms with E-state index in [0.29, 0.717) is 0 Å². The lowest BCUT2D eigenvalue weighted by molar-refractivity contribution is 0.0731. The number of hydrogen-bond donors (Lipinski definition) is 4. The van der Waals surface area contributed by atoms with Gasteiger partial charge in [-0.3, -0.25) is 4.79 Å². The van der Waals surface area contributed by atoms with Crippen LogP contribution in [0.1, 0.15) is 10.4 Å². The number of aromatic hydroxyl groups is 4. The lowest BCUT2D eigenvalue weighted by Gasteiger charge is -2.13. The van der Waals surface area contributed by atoms with Crippen LogP contribution in [0.25, 0.3) is 22.3 Å². The first kappa shape index (κ1) is 21.6. The van der Waals surface area contributed by atoms with Gasteiger partial charge in [0.2, 0.25) is 11.2 Å². The highest BCUT2D eigenvalue weighted by Gasteiger charge is 2.24. The number of esters is 1. The van der Waals surface area contributed by atoms with Crippen LogP contribution < -0.4 is 15.1 Å². The number of phenolic OH excluding ortho intramolecular Hbond substituents is 4. The van der Waals surface area contributed by atoms with Crippen molar-refractivity contribution in [1.82, 2.24) is 0 Å².